The van der Waals surface area contributed by atoms with E-state index in [9.17, 15) is 4.39 Å². The minimum Gasteiger partial charge on any atom is -0.491 e. The zero-order chi connectivity index (χ0) is 13.1. The summed E-state index contributed by atoms with van der Waals surface area (Å²) in [7, 11) is 0. The van der Waals surface area contributed by atoms with Crippen LogP contribution in [0, 0.1) is 12.7 Å². The molecule has 2 aromatic rings. The molecule has 96 valence electrons. The van der Waals surface area contributed by atoms with Gasteiger partial charge in [-0.2, -0.15) is 0 Å². The molecule has 1 heterocycles. The van der Waals surface area contributed by atoms with Gasteiger partial charge in [0.2, 0.25) is 0 Å². The number of halogens is 1. The fourth-order valence-electron chi connectivity index (χ4n) is 1.86. The Morgan fingerprint density at radius 3 is 2.67 bits per heavy atom. The van der Waals surface area contributed by atoms with Gasteiger partial charge in [0.1, 0.15) is 0 Å². The lowest BCUT2D eigenvalue weighted by atomic mass is 10.1. The zero-order valence-electron chi connectivity index (χ0n) is 10.5. The monoisotopic (exact) mass is 249 g/mol. The Labute approximate surface area is 105 Å². The van der Waals surface area contributed by atoms with E-state index in [4.69, 9.17) is 9.84 Å². The molecule has 0 spiro atoms. The Bertz CT molecular complexity index is 549. The van der Waals surface area contributed by atoms with Gasteiger partial charge in [0.15, 0.2) is 11.6 Å². The van der Waals surface area contributed by atoms with E-state index >= 15 is 0 Å². The number of aromatic nitrogens is 1. The molecule has 3 nitrogen and oxygen atoms in total. The maximum atomic E-state index is 13.7. The molecule has 0 bridgehead atoms. The SMILES string of the molecule is CCOc1ccc(-c2cc(CO)c(C)[nH]2)cc1F. The first-order valence-electron chi connectivity index (χ1n) is 5.87. The Morgan fingerprint density at radius 1 is 1.33 bits per heavy atom. The highest BCUT2D eigenvalue weighted by Gasteiger charge is 2.09. The van der Waals surface area contributed by atoms with Crippen molar-refractivity contribution in [2.45, 2.75) is 20.5 Å². The van der Waals surface area contributed by atoms with Crippen molar-refractivity contribution in [2.24, 2.45) is 0 Å². The van der Waals surface area contributed by atoms with E-state index in [2.05, 4.69) is 4.98 Å². The fraction of sp³-hybridized carbons (Fsp3) is 0.286. The Hall–Kier alpha value is -1.81. The molecule has 18 heavy (non-hydrogen) atoms. The quantitative estimate of drug-likeness (QED) is 0.874. The van der Waals surface area contributed by atoms with E-state index in [1.165, 1.54) is 6.07 Å². The van der Waals surface area contributed by atoms with Crippen LogP contribution in [0.3, 0.4) is 0 Å². The van der Waals surface area contributed by atoms with Crippen molar-refractivity contribution in [3.8, 4) is 17.0 Å². The van der Waals surface area contributed by atoms with Gasteiger partial charge in [-0.1, -0.05) is 0 Å². The standard InChI is InChI=1S/C14H16FNO2/c1-3-18-14-5-4-10(6-12(14)15)13-7-11(8-17)9(2)16-13/h4-7,16-17H,3,8H2,1-2H3. The molecular formula is C14H16FNO2. The molecule has 1 aromatic heterocycles. The van der Waals surface area contributed by atoms with Gasteiger partial charge >= 0.3 is 0 Å². The van der Waals surface area contributed by atoms with Crippen molar-refractivity contribution < 1.29 is 14.2 Å². The average molecular weight is 249 g/mol. The molecule has 1 aromatic carbocycles. The van der Waals surface area contributed by atoms with Crippen molar-refractivity contribution in [1.29, 1.82) is 0 Å². The molecule has 0 radical (unpaired) electrons. The Morgan fingerprint density at radius 2 is 2.11 bits per heavy atom. The van der Waals surface area contributed by atoms with Crippen LogP contribution in [0.15, 0.2) is 24.3 Å². The van der Waals surface area contributed by atoms with Gasteiger partial charge in [0.05, 0.1) is 13.2 Å². The van der Waals surface area contributed by atoms with Crippen LogP contribution in [-0.4, -0.2) is 16.7 Å². The number of nitrogens with one attached hydrogen (secondary N) is 1. The number of H-pyrrole nitrogens is 1. The summed E-state index contributed by atoms with van der Waals surface area (Å²) in [6.45, 7) is 4.10. The van der Waals surface area contributed by atoms with E-state index in [-0.39, 0.29) is 18.2 Å². The molecule has 0 saturated heterocycles. The third-order valence-corrected chi connectivity index (χ3v) is 2.84. The van der Waals surface area contributed by atoms with Gasteiger partial charge in [0, 0.05) is 17.0 Å². The fourth-order valence-corrected chi connectivity index (χ4v) is 1.86. The van der Waals surface area contributed by atoms with Gasteiger partial charge in [-0.25, -0.2) is 4.39 Å². The number of aromatic amines is 1. The third kappa shape index (κ3) is 2.38. The molecule has 0 fully saturated rings. The van der Waals surface area contributed by atoms with E-state index in [1.807, 2.05) is 19.9 Å². The number of hydrogen-bond acceptors (Lipinski definition) is 2. The Balaban J connectivity index is 2.35. The summed E-state index contributed by atoms with van der Waals surface area (Å²) in [6.07, 6.45) is 0. The third-order valence-electron chi connectivity index (χ3n) is 2.84. The summed E-state index contributed by atoms with van der Waals surface area (Å²) in [5.74, 6) is -0.126. The smallest absolute Gasteiger partial charge is 0.165 e. The maximum absolute atomic E-state index is 13.7. The molecule has 0 amide bonds. The molecule has 2 N–H and O–H groups in total. The van der Waals surface area contributed by atoms with E-state index in [0.717, 1.165) is 22.5 Å². The van der Waals surface area contributed by atoms with Crippen LogP contribution in [0.2, 0.25) is 0 Å². The Kier molecular flexibility index (Phi) is 3.67. The second-order valence-corrected chi connectivity index (χ2v) is 4.07. The van der Waals surface area contributed by atoms with E-state index in [1.54, 1.807) is 12.1 Å². The number of benzene rings is 1. The minimum atomic E-state index is -0.382. The molecule has 0 atom stereocenters. The second kappa shape index (κ2) is 5.23. The highest BCUT2D eigenvalue weighted by molar-refractivity contribution is 5.62. The molecule has 0 aliphatic rings. The normalized spacial score (nSPS) is 10.7. The molecule has 0 saturated carbocycles. The zero-order valence-corrected chi connectivity index (χ0v) is 10.5. The first kappa shape index (κ1) is 12.6. The second-order valence-electron chi connectivity index (χ2n) is 4.07. The van der Waals surface area contributed by atoms with Gasteiger partial charge < -0.3 is 14.8 Å². The molecule has 0 aliphatic heterocycles. The molecule has 4 heteroatoms. The summed E-state index contributed by atoms with van der Waals surface area (Å²) < 4.78 is 18.9. The number of aliphatic hydroxyl groups is 1. The first-order chi connectivity index (χ1) is 8.65. The molecule has 2 rings (SSSR count). The van der Waals surface area contributed by atoms with Crippen LogP contribution in [-0.2, 0) is 6.61 Å². The minimum absolute atomic E-state index is 0.0259. The predicted octanol–water partition coefficient (Wildman–Crippen LogP) is 3.02. The van der Waals surface area contributed by atoms with Crippen molar-refractivity contribution in [2.75, 3.05) is 6.61 Å². The largest absolute Gasteiger partial charge is 0.491 e. The van der Waals surface area contributed by atoms with Gasteiger partial charge in [-0.15, -0.1) is 0 Å². The number of aryl methyl sites for hydroxylation is 1. The van der Waals surface area contributed by atoms with Crippen molar-refractivity contribution >= 4 is 0 Å². The highest BCUT2D eigenvalue weighted by atomic mass is 19.1. The van der Waals surface area contributed by atoms with Crippen LogP contribution in [0.25, 0.3) is 11.3 Å². The van der Waals surface area contributed by atoms with Crippen molar-refractivity contribution in [3.05, 3.63) is 41.3 Å². The van der Waals surface area contributed by atoms with Crippen molar-refractivity contribution in [1.82, 2.24) is 4.98 Å². The lowest BCUT2D eigenvalue weighted by molar-refractivity contribution is 0.281. The first-order valence-corrected chi connectivity index (χ1v) is 5.87. The summed E-state index contributed by atoms with van der Waals surface area (Å²) in [4.78, 5) is 3.12. The average Bonchev–Trinajstić information content (AvgIpc) is 2.73. The van der Waals surface area contributed by atoms with Crippen LogP contribution in [0.4, 0.5) is 4.39 Å². The van der Waals surface area contributed by atoms with Crippen LogP contribution >= 0.6 is 0 Å². The predicted molar refractivity (Wildman–Crippen MR) is 68.0 cm³/mol. The number of hydrogen-bond donors (Lipinski definition) is 2. The summed E-state index contributed by atoms with van der Waals surface area (Å²) in [6, 6.07) is 6.66. The van der Waals surface area contributed by atoms with Gasteiger partial charge in [-0.3, -0.25) is 0 Å². The lowest BCUT2D eigenvalue weighted by Gasteiger charge is -2.05. The topological polar surface area (TPSA) is 45.2 Å². The molecular weight excluding hydrogens is 233 g/mol. The summed E-state index contributed by atoms with van der Waals surface area (Å²) >= 11 is 0. The number of ether oxygens (including phenoxy) is 1. The molecule has 0 aliphatic carbocycles. The maximum Gasteiger partial charge on any atom is 0.165 e. The van der Waals surface area contributed by atoms with Gasteiger partial charge in [-0.05, 0) is 43.7 Å². The number of rotatable bonds is 4. The van der Waals surface area contributed by atoms with Crippen molar-refractivity contribution in [3.63, 3.8) is 0 Å². The van der Waals surface area contributed by atoms with Crippen LogP contribution in [0.1, 0.15) is 18.2 Å². The van der Waals surface area contributed by atoms with Gasteiger partial charge in [0.25, 0.3) is 0 Å². The van der Waals surface area contributed by atoms with Crippen LogP contribution in [0.5, 0.6) is 5.75 Å². The van der Waals surface area contributed by atoms with Crippen LogP contribution < -0.4 is 4.74 Å². The summed E-state index contributed by atoms with van der Waals surface area (Å²) in [5, 5.41) is 9.13. The number of aliphatic hydroxyl groups excluding tert-OH is 1. The highest BCUT2D eigenvalue weighted by Crippen LogP contribution is 2.26. The lowest BCUT2D eigenvalue weighted by Crippen LogP contribution is -1.94. The van der Waals surface area contributed by atoms with E-state index < -0.39 is 0 Å². The van der Waals surface area contributed by atoms with E-state index in [0.29, 0.717) is 6.61 Å². The summed E-state index contributed by atoms with van der Waals surface area (Å²) in [5.41, 5.74) is 3.23. The molecule has 0 unspecified atom stereocenters.